The van der Waals surface area contributed by atoms with Gasteiger partial charge in [-0.2, -0.15) is 0 Å². The number of benzene rings is 1. The molecule has 0 radical (unpaired) electrons. The molecule has 2 heterocycles. The Bertz CT molecular complexity index is 559. The van der Waals surface area contributed by atoms with Crippen molar-refractivity contribution in [3.05, 3.63) is 42.1 Å². The molecular weight excluding hydrogens is 238 g/mol. The van der Waals surface area contributed by atoms with E-state index in [0.29, 0.717) is 19.4 Å². The van der Waals surface area contributed by atoms with Gasteiger partial charge in [0.15, 0.2) is 0 Å². The number of para-hydroxylation sites is 1. The fourth-order valence-corrected chi connectivity index (χ4v) is 2.71. The van der Waals surface area contributed by atoms with Gasteiger partial charge in [-0.25, -0.2) is 0 Å². The molecule has 0 amide bonds. The number of hydrogen-bond donors (Lipinski definition) is 1. The molecule has 19 heavy (non-hydrogen) atoms. The maximum atomic E-state index is 10.7. The number of ether oxygens (including phenoxy) is 1. The Morgan fingerprint density at radius 3 is 2.95 bits per heavy atom. The van der Waals surface area contributed by atoms with Crippen LogP contribution in [-0.2, 0) is 11.2 Å². The van der Waals surface area contributed by atoms with E-state index in [1.807, 2.05) is 24.3 Å². The van der Waals surface area contributed by atoms with Gasteiger partial charge in [-0.3, -0.25) is 4.98 Å². The van der Waals surface area contributed by atoms with Crippen molar-refractivity contribution in [2.24, 2.45) is 0 Å². The lowest BCUT2D eigenvalue weighted by atomic mass is 9.89. The quantitative estimate of drug-likeness (QED) is 0.899. The van der Waals surface area contributed by atoms with E-state index in [1.165, 1.54) is 0 Å². The molecule has 0 spiro atoms. The first-order chi connectivity index (χ1) is 9.25. The highest BCUT2D eigenvalue weighted by Gasteiger charge is 2.29. The molecule has 0 bridgehead atoms. The monoisotopic (exact) mass is 257 g/mol. The molecule has 1 saturated heterocycles. The van der Waals surface area contributed by atoms with Gasteiger partial charge in [0, 0.05) is 30.7 Å². The Balaban J connectivity index is 1.83. The number of hydrogen-bond acceptors (Lipinski definition) is 3. The van der Waals surface area contributed by atoms with E-state index in [9.17, 15) is 5.11 Å². The van der Waals surface area contributed by atoms with Crippen molar-refractivity contribution >= 4 is 10.9 Å². The van der Waals surface area contributed by atoms with Gasteiger partial charge < -0.3 is 9.84 Å². The van der Waals surface area contributed by atoms with Crippen LogP contribution in [0.25, 0.3) is 10.9 Å². The van der Waals surface area contributed by atoms with Gasteiger partial charge in [-0.05, 0) is 31.4 Å². The van der Waals surface area contributed by atoms with Gasteiger partial charge in [0.25, 0.3) is 0 Å². The average Bonchev–Trinajstić information content (AvgIpc) is 2.63. The first-order valence-corrected chi connectivity index (χ1v) is 6.90. The second-order valence-corrected chi connectivity index (χ2v) is 5.36. The molecule has 0 saturated carbocycles. The highest BCUT2D eigenvalue weighted by molar-refractivity contribution is 5.78. The molecule has 2 aromatic rings. The zero-order valence-corrected chi connectivity index (χ0v) is 11.0. The molecule has 0 aliphatic carbocycles. The summed E-state index contributed by atoms with van der Waals surface area (Å²) >= 11 is 0. The van der Waals surface area contributed by atoms with E-state index in [1.54, 1.807) is 0 Å². The number of fused-ring (bicyclic) bond motifs is 1. The summed E-state index contributed by atoms with van der Waals surface area (Å²) in [7, 11) is 0. The van der Waals surface area contributed by atoms with Gasteiger partial charge in [0.1, 0.15) is 0 Å². The molecule has 1 aromatic carbocycles. The van der Waals surface area contributed by atoms with Crippen LogP contribution in [0, 0.1) is 0 Å². The summed E-state index contributed by atoms with van der Waals surface area (Å²) in [6.45, 7) is 1.40. The zero-order valence-electron chi connectivity index (χ0n) is 11.0. The minimum atomic E-state index is -0.661. The van der Waals surface area contributed by atoms with Crippen molar-refractivity contribution in [3.63, 3.8) is 0 Å². The number of aliphatic hydroxyl groups is 1. The minimum absolute atomic E-state index is 0.612. The predicted octanol–water partition coefficient (Wildman–Crippen LogP) is 2.71. The third-order valence-corrected chi connectivity index (χ3v) is 3.81. The summed E-state index contributed by atoms with van der Waals surface area (Å²) in [6, 6.07) is 12.2. The van der Waals surface area contributed by atoms with Gasteiger partial charge >= 0.3 is 0 Å². The average molecular weight is 257 g/mol. The van der Waals surface area contributed by atoms with Crippen molar-refractivity contribution in [1.29, 1.82) is 0 Å². The normalized spacial score (nSPS) is 24.3. The summed E-state index contributed by atoms with van der Waals surface area (Å²) in [6.07, 6.45) is 3.02. The summed E-state index contributed by atoms with van der Waals surface area (Å²) in [5.74, 6) is 0. The van der Waals surface area contributed by atoms with Crippen LogP contribution < -0.4 is 0 Å². The lowest BCUT2D eigenvalue weighted by Crippen LogP contribution is -2.32. The van der Waals surface area contributed by atoms with Crippen LogP contribution in [0.15, 0.2) is 36.4 Å². The van der Waals surface area contributed by atoms with E-state index in [4.69, 9.17) is 4.74 Å². The Kier molecular flexibility index (Phi) is 3.49. The lowest BCUT2D eigenvalue weighted by molar-refractivity contribution is 0.0181. The zero-order chi connectivity index (χ0) is 13.1. The number of pyridine rings is 1. The number of rotatable bonds is 2. The fraction of sp³-hybridized carbons (Fsp3) is 0.438. The molecule has 3 rings (SSSR count). The molecule has 1 aliphatic heterocycles. The smallest absolute Gasteiger partial charge is 0.0725 e. The second kappa shape index (κ2) is 5.27. The second-order valence-electron chi connectivity index (χ2n) is 5.36. The molecule has 1 fully saturated rings. The Labute approximate surface area is 113 Å². The number of aromatic nitrogens is 1. The largest absolute Gasteiger partial charge is 0.389 e. The van der Waals surface area contributed by atoms with E-state index in [-0.39, 0.29) is 0 Å². The Hall–Kier alpha value is -1.45. The third kappa shape index (κ3) is 2.94. The predicted molar refractivity (Wildman–Crippen MR) is 75.1 cm³/mol. The van der Waals surface area contributed by atoms with Crippen LogP contribution in [0.3, 0.4) is 0 Å². The summed E-state index contributed by atoms with van der Waals surface area (Å²) in [5.41, 5.74) is 1.29. The van der Waals surface area contributed by atoms with Crippen molar-refractivity contribution in [2.45, 2.75) is 31.3 Å². The standard InChI is InChI=1S/C16H19NO2/c18-16(8-3-10-19-11-9-16)12-14-7-6-13-4-1-2-5-15(13)17-14/h1-2,4-7,18H,3,8-12H2. The first kappa shape index (κ1) is 12.6. The van der Waals surface area contributed by atoms with Crippen molar-refractivity contribution in [3.8, 4) is 0 Å². The fourth-order valence-electron chi connectivity index (χ4n) is 2.71. The van der Waals surface area contributed by atoms with Gasteiger partial charge in [-0.15, -0.1) is 0 Å². The molecule has 1 unspecified atom stereocenters. The first-order valence-electron chi connectivity index (χ1n) is 6.90. The summed E-state index contributed by atoms with van der Waals surface area (Å²) in [5, 5.41) is 11.8. The molecule has 1 N–H and O–H groups in total. The van der Waals surface area contributed by atoms with Crippen LogP contribution in [0.4, 0.5) is 0 Å². The van der Waals surface area contributed by atoms with Crippen molar-refractivity contribution < 1.29 is 9.84 Å². The molecule has 1 aromatic heterocycles. The highest BCUT2D eigenvalue weighted by Crippen LogP contribution is 2.25. The van der Waals surface area contributed by atoms with E-state index >= 15 is 0 Å². The molecular formula is C16H19NO2. The maximum absolute atomic E-state index is 10.7. The maximum Gasteiger partial charge on any atom is 0.0725 e. The van der Waals surface area contributed by atoms with Crippen molar-refractivity contribution in [1.82, 2.24) is 4.98 Å². The Morgan fingerprint density at radius 1 is 1.11 bits per heavy atom. The molecule has 100 valence electrons. The van der Waals surface area contributed by atoms with E-state index in [0.717, 1.165) is 36.0 Å². The molecule has 3 heteroatoms. The highest BCUT2D eigenvalue weighted by atomic mass is 16.5. The molecule has 3 nitrogen and oxygen atoms in total. The van der Waals surface area contributed by atoms with Gasteiger partial charge in [0.2, 0.25) is 0 Å². The topological polar surface area (TPSA) is 42.4 Å². The molecule has 1 atom stereocenters. The van der Waals surface area contributed by atoms with Crippen LogP contribution in [-0.4, -0.2) is 28.9 Å². The summed E-state index contributed by atoms with van der Waals surface area (Å²) in [4.78, 5) is 4.64. The van der Waals surface area contributed by atoms with Crippen LogP contribution in [0.5, 0.6) is 0 Å². The van der Waals surface area contributed by atoms with Crippen LogP contribution in [0.1, 0.15) is 25.0 Å². The minimum Gasteiger partial charge on any atom is -0.389 e. The van der Waals surface area contributed by atoms with E-state index < -0.39 is 5.60 Å². The van der Waals surface area contributed by atoms with Crippen LogP contribution in [0.2, 0.25) is 0 Å². The van der Waals surface area contributed by atoms with Gasteiger partial charge in [-0.1, -0.05) is 24.3 Å². The van der Waals surface area contributed by atoms with Crippen molar-refractivity contribution in [2.75, 3.05) is 13.2 Å². The van der Waals surface area contributed by atoms with Gasteiger partial charge in [0.05, 0.1) is 11.1 Å². The van der Waals surface area contributed by atoms with Crippen LogP contribution >= 0.6 is 0 Å². The Morgan fingerprint density at radius 2 is 2.00 bits per heavy atom. The SMILES string of the molecule is OC1(Cc2ccc3ccccc3n2)CCCOCC1. The summed E-state index contributed by atoms with van der Waals surface area (Å²) < 4.78 is 5.42. The lowest BCUT2D eigenvalue weighted by Gasteiger charge is -2.25. The molecule has 1 aliphatic rings. The number of nitrogens with zero attached hydrogens (tertiary/aromatic N) is 1. The van der Waals surface area contributed by atoms with E-state index in [2.05, 4.69) is 17.1 Å². The third-order valence-electron chi connectivity index (χ3n) is 3.81.